The quantitative estimate of drug-likeness (QED) is 0.520. The average molecular weight is 386 g/mol. The van der Waals surface area contributed by atoms with E-state index in [1.54, 1.807) is 6.20 Å². The van der Waals surface area contributed by atoms with E-state index in [0.29, 0.717) is 11.8 Å². The molecule has 0 aliphatic rings. The molecule has 0 unspecified atom stereocenters. The van der Waals surface area contributed by atoms with Crippen molar-refractivity contribution in [3.8, 4) is 11.5 Å². The van der Waals surface area contributed by atoms with Crippen LogP contribution < -0.4 is 5.32 Å². The second-order valence-corrected chi connectivity index (χ2v) is 7.08. The molecule has 2 aromatic carbocycles. The van der Waals surface area contributed by atoms with Gasteiger partial charge in [0.05, 0.1) is 5.52 Å². The lowest BCUT2D eigenvalue weighted by Gasteiger charge is -2.13. The molecule has 0 saturated heterocycles. The molecule has 6 nitrogen and oxygen atoms in total. The van der Waals surface area contributed by atoms with Crippen molar-refractivity contribution in [3.05, 3.63) is 78.3 Å². The zero-order valence-electron chi connectivity index (χ0n) is 16.2. The topological polar surface area (TPSA) is 80.9 Å². The van der Waals surface area contributed by atoms with E-state index in [2.05, 4.69) is 32.6 Å². The first kappa shape index (κ1) is 18.8. The second kappa shape index (κ2) is 8.65. The lowest BCUT2D eigenvalue weighted by Crippen LogP contribution is -2.34. The van der Waals surface area contributed by atoms with Crippen molar-refractivity contribution in [2.24, 2.45) is 0 Å². The summed E-state index contributed by atoms with van der Waals surface area (Å²) in [6, 6.07) is 19.9. The van der Waals surface area contributed by atoms with Gasteiger partial charge in [-0.2, -0.15) is 0 Å². The maximum absolute atomic E-state index is 12.3. The minimum atomic E-state index is -0.122. The summed E-state index contributed by atoms with van der Waals surface area (Å²) in [4.78, 5) is 16.6. The Bertz CT molecular complexity index is 1110. The Morgan fingerprint density at radius 1 is 1.07 bits per heavy atom. The van der Waals surface area contributed by atoms with Gasteiger partial charge in [-0.05, 0) is 49.6 Å². The Hall–Kier alpha value is -3.54. The number of rotatable bonds is 7. The van der Waals surface area contributed by atoms with E-state index in [0.717, 1.165) is 29.3 Å². The van der Waals surface area contributed by atoms with Crippen molar-refractivity contribution in [1.29, 1.82) is 0 Å². The van der Waals surface area contributed by atoms with Gasteiger partial charge in [0.25, 0.3) is 0 Å². The van der Waals surface area contributed by atoms with Gasteiger partial charge in [-0.1, -0.05) is 36.4 Å². The molecular formula is C23H22N4O2. The highest BCUT2D eigenvalue weighted by Gasteiger charge is 2.14. The normalized spacial score (nSPS) is 12.0. The molecular weight excluding hydrogens is 364 g/mol. The first-order chi connectivity index (χ1) is 14.2. The summed E-state index contributed by atoms with van der Waals surface area (Å²) in [5.41, 5.74) is 2.97. The Labute approximate surface area is 169 Å². The maximum atomic E-state index is 12.3. The third-order valence-corrected chi connectivity index (χ3v) is 4.74. The molecule has 0 spiro atoms. The van der Waals surface area contributed by atoms with Crippen LogP contribution in [0, 0.1) is 0 Å². The predicted molar refractivity (Wildman–Crippen MR) is 111 cm³/mol. The van der Waals surface area contributed by atoms with Crippen LogP contribution in [0.1, 0.15) is 24.8 Å². The molecule has 0 saturated carbocycles. The van der Waals surface area contributed by atoms with Crippen LogP contribution in [0.15, 0.2) is 71.3 Å². The second-order valence-electron chi connectivity index (χ2n) is 7.08. The zero-order valence-corrected chi connectivity index (χ0v) is 16.2. The molecule has 2 heterocycles. The smallest absolute Gasteiger partial charge is 0.247 e. The zero-order chi connectivity index (χ0) is 20.1. The van der Waals surface area contributed by atoms with E-state index in [9.17, 15) is 4.79 Å². The molecule has 6 heteroatoms. The van der Waals surface area contributed by atoms with Crippen molar-refractivity contribution >= 4 is 16.8 Å². The standard InChI is InChI=1S/C23H22N4O2/c1-16(9-10-17-6-3-2-4-7-17)25-21(28)15-22-26-27-23(29-22)19-11-12-20-18(14-19)8-5-13-24-20/h2-8,11-14,16H,9-10,15H2,1H3,(H,25,28)/t16-/m0/s1. The molecule has 0 bridgehead atoms. The molecule has 4 aromatic rings. The molecule has 1 amide bonds. The number of carbonyl (C=O) groups is 1. The Morgan fingerprint density at radius 2 is 1.93 bits per heavy atom. The summed E-state index contributed by atoms with van der Waals surface area (Å²) in [7, 11) is 0. The van der Waals surface area contributed by atoms with Crippen molar-refractivity contribution < 1.29 is 9.21 Å². The number of nitrogens with zero attached hydrogens (tertiary/aromatic N) is 3. The fourth-order valence-corrected chi connectivity index (χ4v) is 3.21. The Kier molecular flexibility index (Phi) is 5.61. The third kappa shape index (κ3) is 4.85. The van der Waals surface area contributed by atoms with Gasteiger partial charge in [0.2, 0.25) is 17.7 Å². The molecule has 29 heavy (non-hydrogen) atoms. The highest BCUT2D eigenvalue weighted by molar-refractivity contribution is 5.82. The summed E-state index contributed by atoms with van der Waals surface area (Å²) in [6.45, 7) is 2.00. The van der Waals surface area contributed by atoms with Crippen molar-refractivity contribution in [2.45, 2.75) is 32.2 Å². The molecule has 0 fully saturated rings. The van der Waals surface area contributed by atoms with Crippen molar-refractivity contribution in [3.63, 3.8) is 0 Å². The SMILES string of the molecule is C[C@@H](CCc1ccccc1)NC(=O)Cc1nnc(-c2ccc3ncccc3c2)o1. The van der Waals surface area contributed by atoms with Gasteiger partial charge in [-0.3, -0.25) is 9.78 Å². The summed E-state index contributed by atoms with van der Waals surface area (Å²) in [5, 5.41) is 12.1. The summed E-state index contributed by atoms with van der Waals surface area (Å²) in [5.74, 6) is 0.582. The highest BCUT2D eigenvalue weighted by Crippen LogP contribution is 2.22. The van der Waals surface area contributed by atoms with Gasteiger partial charge in [0.1, 0.15) is 6.42 Å². The van der Waals surface area contributed by atoms with Crippen LogP contribution in [0.5, 0.6) is 0 Å². The van der Waals surface area contributed by atoms with E-state index >= 15 is 0 Å². The van der Waals surface area contributed by atoms with Crippen LogP contribution in [-0.2, 0) is 17.6 Å². The number of aromatic nitrogens is 3. The molecule has 1 N–H and O–H groups in total. The van der Waals surface area contributed by atoms with E-state index in [1.165, 1.54) is 5.56 Å². The van der Waals surface area contributed by atoms with Gasteiger partial charge in [0, 0.05) is 23.2 Å². The van der Waals surface area contributed by atoms with Gasteiger partial charge < -0.3 is 9.73 Å². The first-order valence-corrected chi connectivity index (χ1v) is 9.68. The lowest BCUT2D eigenvalue weighted by atomic mass is 10.1. The average Bonchev–Trinajstić information content (AvgIpc) is 3.21. The minimum Gasteiger partial charge on any atom is -0.420 e. The lowest BCUT2D eigenvalue weighted by molar-refractivity contribution is -0.121. The van der Waals surface area contributed by atoms with Gasteiger partial charge in [-0.15, -0.1) is 10.2 Å². The number of nitrogens with one attached hydrogen (secondary N) is 1. The molecule has 1 atom stereocenters. The monoisotopic (exact) mass is 386 g/mol. The molecule has 4 rings (SSSR count). The van der Waals surface area contributed by atoms with Crippen molar-refractivity contribution in [2.75, 3.05) is 0 Å². The number of pyridine rings is 1. The van der Waals surface area contributed by atoms with Gasteiger partial charge in [-0.25, -0.2) is 0 Å². The minimum absolute atomic E-state index is 0.0673. The molecule has 146 valence electrons. The van der Waals surface area contributed by atoms with Gasteiger partial charge >= 0.3 is 0 Å². The predicted octanol–water partition coefficient (Wildman–Crippen LogP) is 3.96. The Balaban J connectivity index is 1.33. The number of amides is 1. The molecule has 0 aliphatic carbocycles. The summed E-state index contributed by atoms with van der Waals surface area (Å²) < 4.78 is 5.70. The maximum Gasteiger partial charge on any atom is 0.247 e. The van der Waals surface area contributed by atoms with Gasteiger partial charge in [0.15, 0.2) is 0 Å². The molecule has 0 aliphatic heterocycles. The summed E-state index contributed by atoms with van der Waals surface area (Å²) in [6.07, 6.45) is 3.61. The van der Waals surface area contributed by atoms with Crippen molar-refractivity contribution in [1.82, 2.24) is 20.5 Å². The van der Waals surface area contributed by atoms with E-state index in [1.807, 2.05) is 55.5 Å². The number of benzene rings is 2. The summed E-state index contributed by atoms with van der Waals surface area (Å²) >= 11 is 0. The van der Waals surface area contributed by atoms with Crippen LogP contribution in [0.2, 0.25) is 0 Å². The van der Waals surface area contributed by atoms with E-state index in [-0.39, 0.29) is 18.4 Å². The van der Waals surface area contributed by atoms with Crippen LogP contribution in [0.25, 0.3) is 22.4 Å². The van der Waals surface area contributed by atoms with Crippen LogP contribution >= 0.6 is 0 Å². The highest BCUT2D eigenvalue weighted by atomic mass is 16.4. The van der Waals surface area contributed by atoms with Crippen LogP contribution in [0.3, 0.4) is 0 Å². The number of carbonyl (C=O) groups excluding carboxylic acids is 1. The molecule has 2 aromatic heterocycles. The fraction of sp³-hybridized carbons (Fsp3) is 0.217. The van der Waals surface area contributed by atoms with Crippen LogP contribution in [0.4, 0.5) is 0 Å². The Morgan fingerprint density at radius 3 is 2.79 bits per heavy atom. The largest absolute Gasteiger partial charge is 0.420 e. The molecule has 0 radical (unpaired) electrons. The van der Waals surface area contributed by atoms with E-state index in [4.69, 9.17) is 4.42 Å². The number of aryl methyl sites for hydroxylation is 1. The van der Waals surface area contributed by atoms with Crippen LogP contribution in [-0.4, -0.2) is 27.1 Å². The van der Waals surface area contributed by atoms with E-state index < -0.39 is 0 Å². The number of fused-ring (bicyclic) bond motifs is 1. The number of hydrogen-bond acceptors (Lipinski definition) is 5. The fourth-order valence-electron chi connectivity index (χ4n) is 3.21. The third-order valence-electron chi connectivity index (χ3n) is 4.74. The number of hydrogen-bond donors (Lipinski definition) is 1. The first-order valence-electron chi connectivity index (χ1n) is 9.68.